The molecule has 0 aromatic heterocycles. The lowest BCUT2D eigenvalue weighted by molar-refractivity contribution is -0.0679. The molecule has 0 aliphatic carbocycles. The van der Waals surface area contributed by atoms with E-state index in [9.17, 15) is 0 Å². The minimum absolute atomic E-state index is 0.0554. The van der Waals surface area contributed by atoms with Crippen LogP contribution in [0.4, 0.5) is 0 Å². The summed E-state index contributed by atoms with van der Waals surface area (Å²) in [5.74, 6) is 0. The van der Waals surface area contributed by atoms with Gasteiger partial charge in [0, 0.05) is 10.3 Å². The maximum absolute atomic E-state index is 8.22. The third kappa shape index (κ3) is 8.65. The zero-order chi connectivity index (χ0) is 14.9. The fourth-order valence-electron chi connectivity index (χ4n) is 1.63. The van der Waals surface area contributed by atoms with Gasteiger partial charge in [-0.2, -0.15) is 0 Å². The first-order chi connectivity index (χ1) is 8.74. The van der Waals surface area contributed by atoms with E-state index >= 15 is 0 Å². The number of nitrogens with zero attached hydrogens (tertiary/aromatic N) is 3. The predicted molar refractivity (Wildman–Crippen MR) is 77.8 cm³/mol. The van der Waals surface area contributed by atoms with Crippen molar-refractivity contribution in [2.45, 2.75) is 53.6 Å². The Labute approximate surface area is 116 Å². The van der Waals surface area contributed by atoms with Crippen LogP contribution >= 0.6 is 0 Å². The van der Waals surface area contributed by atoms with Gasteiger partial charge in [-0.25, -0.2) is 0 Å². The fourth-order valence-corrected chi connectivity index (χ4v) is 1.63. The normalized spacial score (nSPS) is 14.4. The molecule has 0 radical (unpaired) electrons. The summed E-state index contributed by atoms with van der Waals surface area (Å²) in [4.78, 5) is 2.67. The van der Waals surface area contributed by atoms with Crippen molar-refractivity contribution in [1.82, 2.24) is 0 Å². The van der Waals surface area contributed by atoms with Gasteiger partial charge in [0.1, 0.15) is 6.73 Å². The molecule has 5 nitrogen and oxygen atoms in total. The van der Waals surface area contributed by atoms with Crippen molar-refractivity contribution in [3.63, 3.8) is 0 Å². The Hall–Kier alpha value is -1.03. The van der Waals surface area contributed by atoms with Crippen LogP contribution < -0.4 is 0 Å². The van der Waals surface area contributed by atoms with Crippen LogP contribution in [0.1, 0.15) is 48.0 Å². The van der Waals surface area contributed by atoms with Crippen molar-refractivity contribution in [3.05, 3.63) is 22.1 Å². The summed E-state index contributed by atoms with van der Waals surface area (Å²) in [6, 6.07) is 0. The number of azide groups is 1. The van der Waals surface area contributed by atoms with Crippen molar-refractivity contribution in [2.24, 2.45) is 10.5 Å². The maximum atomic E-state index is 8.22. The molecule has 0 amide bonds. The van der Waals surface area contributed by atoms with E-state index in [1.807, 2.05) is 0 Å². The third-order valence-electron chi connectivity index (χ3n) is 2.93. The van der Waals surface area contributed by atoms with Gasteiger partial charge in [0.2, 0.25) is 0 Å². The second kappa shape index (κ2) is 8.20. The van der Waals surface area contributed by atoms with Crippen molar-refractivity contribution in [2.75, 3.05) is 19.9 Å². The molecule has 19 heavy (non-hydrogen) atoms. The Morgan fingerprint density at radius 1 is 1.26 bits per heavy atom. The van der Waals surface area contributed by atoms with Gasteiger partial charge in [-0.05, 0) is 39.6 Å². The van der Waals surface area contributed by atoms with E-state index < -0.39 is 0 Å². The molecule has 0 saturated carbocycles. The summed E-state index contributed by atoms with van der Waals surface area (Å²) in [5.41, 5.74) is 9.09. The van der Waals surface area contributed by atoms with Crippen LogP contribution in [0, 0.1) is 5.41 Å². The van der Waals surface area contributed by atoms with Crippen molar-refractivity contribution in [3.8, 4) is 0 Å². The highest BCUT2D eigenvalue weighted by molar-refractivity contribution is 5.04. The molecule has 0 fully saturated rings. The number of rotatable bonds is 9. The summed E-state index contributed by atoms with van der Waals surface area (Å²) in [6.45, 7) is 13.6. The van der Waals surface area contributed by atoms with Gasteiger partial charge in [-0.15, -0.1) is 0 Å². The van der Waals surface area contributed by atoms with Crippen LogP contribution in [-0.2, 0) is 9.47 Å². The molecular weight excluding hydrogens is 242 g/mol. The number of allylic oxidation sites excluding steroid dienone is 1. The van der Waals surface area contributed by atoms with Gasteiger partial charge in [-0.3, -0.25) is 0 Å². The maximum Gasteiger partial charge on any atom is 0.125 e. The van der Waals surface area contributed by atoms with Gasteiger partial charge in [0.05, 0.1) is 18.8 Å². The smallest absolute Gasteiger partial charge is 0.125 e. The summed E-state index contributed by atoms with van der Waals surface area (Å²) in [7, 11) is 0. The van der Waals surface area contributed by atoms with Gasteiger partial charge in [0.15, 0.2) is 0 Å². The molecule has 0 rings (SSSR count). The van der Waals surface area contributed by atoms with Gasteiger partial charge in [-0.1, -0.05) is 30.6 Å². The second-order valence-electron chi connectivity index (χ2n) is 5.99. The van der Waals surface area contributed by atoms with E-state index in [4.69, 9.17) is 15.0 Å². The van der Waals surface area contributed by atoms with E-state index in [-0.39, 0.29) is 17.7 Å². The Balaban J connectivity index is 4.59. The molecule has 0 spiro atoms. The average molecular weight is 269 g/mol. The second-order valence-corrected chi connectivity index (χ2v) is 5.99. The predicted octanol–water partition coefficient (Wildman–Crippen LogP) is 4.45. The molecule has 0 aromatic rings. The lowest BCUT2D eigenvalue weighted by atomic mass is 9.90. The molecule has 0 N–H and O–H groups in total. The van der Waals surface area contributed by atoms with Crippen molar-refractivity contribution in [1.29, 1.82) is 0 Å². The average Bonchev–Trinajstić information content (AvgIpc) is 2.32. The van der Waals surface area contributed by atoms with Crippen LogP contribution in [0.25, 0.3) is 10.4 Å². The fraction of sp³-hybridized carbons (Fsp3) is 0.857. The Kier molecular flexibility index (Phi) is 7.76. The molecule has 1 unspecified atom stereocenters. The van der Waals surface area contributed by atoms with Crippen molar-refractivity contribution >= 4 is 0 Å². The molecule has 0 aromatic carbocycles. The van der Waals surface area contributed by atoms with Gasteiger partial charge < -0.3 is 9.47 Å². The Bertz CT molecular complexity index is 343. The van der Waals surface area contributed by atoms with Crippen LogP contribution in [0.5, 0.6) is 0 Å². The lowest BCUT2D eigenvalue weighted by Crippen LogP contribution is -2.34. The monoisotopic (exact) mass is 269 g/mol. The minimum atomic E-state index is -0.212. The van der Waals surface area contributed by atoms with Gasteiger partial charge in [0.25, 0.3) is 0 Å². The number of hydrogen-bond donors (Lipinski definition) is 0. The summed E-state index contributed by atoms with van der Waals surface area (Å²) in [6.07, 6.45) is 3.10. The van der Waals surface area contributed by atoms with Crippen LogP contribution in [0.2, 0.25) is 0 Å². The first kappa shape index (κ1) is 18.0. The Morgan fingerprint density at radius 2 is 1.89 bits per heavy atom. The van der Waals surface area contributed by atoms with E-state index in [2.05, 4.69) is 57.6 Å². The molecule has 0 saturated heterocycles. The topological polar surface area (TPSA) is 67.2 Å². The molecule has 1 atom stereocenters. The first-order valence-corrected chi connectivity index (χ1v) is 6.63. The molecule has 110 valence electrons. The zero-order valence-corrected chi connectivity index (χ0v) is 13.1. The molecule has 0 aliphatic rings. The quantitative estimate of drug-likeness (QED) is 0.204. The Morgan fingerprint density at radius 3 is 2.37 bits per heavy atom. The molecule has 5 heteroatoms. The minimum Gasteiger partial charge on any atom is -0.375 e. The van der Waals surface area contributed by atoms with Crippen LogP contribution in [0.3, 0.4) is 0 Å². The first-order valence-electron chi connectivity index (χ1n) is 6.63. The highest BCUT2D eigenvalue weighted by atomic mass is 16.5. The highest BCUT2D eigenvalue weighted by Gasteiger charge is 2.26. The third-order valence-corrected chi connectivity index (χ3v) is 2.93. The molecule has 0 heterocycles. The number of hydrogen-bond acceptors (Lipinski definition) is 3. The van der Waals surface area contributed by atoms with E-state index in [1.165, 1.54) is 5.57 Å². The van der Waals surface area contributed by atoms with Crippen LogP contribution in [0.15, 0.2) is 16.8 Å². The molecule has 0 bridgehead atoms. The van der Waals surface area contributed by atoms with E-state index in [1.54, 1.807) is 0 Å². The summed E-state index contributed by atoms with van der Waals surface area (Å²) < 4.78 is 11.4. The number of ether oxygens (including phenoxy) is 2. The summed E-state index contributed by atoms with van der Waals surface area (Å²) >= 11 is 0. The largest absolute Gasteiger partial charge is 0.375 e. The zero-order valence-electron chi connectivity index (χ0n) is 13.1. The van der Waals surface area contributed by atoms with E-state index in [0.29, 0.717) is 13.2 Å². The van der Waals surface area contributed by atoms with Gasteiger partial charge >= 0.3 is 0 Å². The lowest BCUT2D eigenvalue weighted by Gasteiger charge is -2.32. The highest BCUT2D eigenvalue weighted by Crippen LogP contribution is 2.25. The standard InChI is InChI=1S/C14H27N3O2/c1-7-13(4,5)19-10-14(6,8-12(2)3)9-18-11-16-17-15/h8H,7,9-11H2,1-6H3. The summed E-state index contributed by atoms with van der Waals surface area (Å²) in [5, 5.41) is 3.38. The van der Waals surface area contributed by atoms with Crippen LogP contribution in [-0.4, -0.2) is 25.5 Å². The van der Waals surface area contributed by atoms with E-state index in [0.717, 1.165) is 6.42 Å². The van der Waals surface area contributed by atoms with Crippen molar-refractivity contribution < 1.29 is 9.47 Å². The molecular formula is C14H27N3O2. The SMILES string of the molecule is CCC(C)(C)OCC(C)(C=C(C)C)COCN=[N+]=[N-]. The molecule has 0 aliphatic heterocycles.